The van der Waals surface area contributed by atoms with Crippen molar-refractivity contribution in [3.05, 3.63) is 0 Å². The highest BCUT2D eigenvalue weighted by atomic mass is 16.5. The first-order chi connectivity index (χ1) is 5.68. The molecular formula is C10H21NO. The molecule has 0 radical (unpaired) electrons. The van der Waals surface area contributed by atoms with Crippen LogP contribution in [0.3, 0.4) is 0 Å². The van der Waals surface area contributed by atoms with Crippen LogP contribution in [0.4, 0.5) is 0 Å². The van der Waals surface area contributed by atoms with Crippen LogP contribution in [-0.2, 0) is 4.74 Å². The fraction of sp³-hybridized carbons (Fsp3) is 1.00. The molecule has 0 spiro atoms. The summed E-state index contributed by atoms with van der Waals surface area (Å²) >= 11 is 0. The molecule has 0 aromatic rings. The molecule has 1 saturated heterocycles. The Morgan fingerprint density at radius 1 is 1.17 bits per heavy atom. The van der Waals surface area contributed by atoms with Gasteiger partial charge >= 0.3 is 0 Å². The van der Waals surface area contributed by atoms with Crippen LogP contribution in [0.2, 0.25) is 0 Å². The van der Waals surface area contributed by atoms with Gasteiger partial charge in [0.05, 0.1) is 12.2 Å². The molecule has 0 aromatic heterocycles. The quantitative estimate of drug-likeness (QED) is 0.640. The molecule has 0 amide bonds. The molecule has 1 heterocycles. The van der Waals surface area contributed by atoms with Crippen molar-refractivity contribution in [2.24, 2.45) is 0 Å². The van der Waals surface area contributed by atoms with Gasteiger partial charge in [0.25, 0.3) is 0 Å². The van der Waals surface area contributed by atoms with Crippen molar-refractivity contribution in [1.29, 1.82) is 0 Å². The van der Waals surface area contributed by atoms with Crippen LogP contribution < -0.4 is 0 Å². The summed E-state index contributed by atoms with van der Waals surface area (Å²) in [5.74, 6) is 0. The predicted molar refractivity (Wildman–Crippen MR) is 51.4 cm³/mol. The number of hydrogen-bond donors (Lipinski definition) is 0. The van der Waals surface area contributed by atoms with Crippen LogP contribution in [0.5, 0.6) is 0 Å². The van der Waals surface area contributed by atoms with Crippen LogP contribution >= 0.6 is 0 Å². The molecular weight excluding hydrogens is 150 g/mol. The lowest BCUT2D eigenvalue weighted by Gasteiger charge is -2.22. The average Bonchev–Trinajstić information content (AvgIpc) is 2.37. The van der Waals surface area contributed by atoms with Gasteiger partial charge in [-0.05, 0) is 46.7 Å². The van der Waals surface area contributed by atoms with Gasteiger partial charge in [-0.2, -0.15) is 0 Å². The van der Waals surface area contributed by atoms with E-state index in [4.69, 9.17) is 4.74 Å². The van der Waals surface area contributed by atoms with E-state index in [0.29, 0.717) is 12.2 Å². The van der Waals surface area contributed by atoms with Gasteiger partial charge in [0.2, 0.25) is 0 Å². The minimum Gasteiger partial charge on any atom is -0.375 e. The highest BCUT2D eigenvalue weighted by Crippen LogP contribution is 2.09. The molecule has 2 nitrogen and oxygen atoms in total. The maximum atomic E-state index is 5.67. The second-order valence-electron chi connectivity index (χ2n) is 4.00. The first-order valence-corrected chi connectivity index (χ1v) is 5.06. The van der Waals surface area contributed by atoms with Gasteiger partial charge in [-0.25, -0.2) is 0 Å². The first kappa shape index (κ1) is 10.0. The summed E-state index contributed by atoms with van der Waals surface area (Å²) < 4.78 is 5.67. The maximum Gasteiger partial charge on any atom is 0.0677 e. The number of rotatable bonds is 4. The maximum absolute atomic E-state index is 5.67. The van der Waals surface area contributed by atoms with E-state index in [1.54, 1.807) is 0 Å². The Labute approximate surface area is 75.9 Å². The Bertz CT molecular complexity index is 119. The van der Waals surface area contributed by atoms with Crippen LogP contribution in [-0.4, -0.2) is 36.7 Å². The van der Waals surface area contributed by atoms with E-state index in [1.807, 2.05) is 0 Å². The highest BCUT2D eigenvalue weighted by Gasteiger charge is 2.15. The van der Waals surface area contributed by atoms with Crippen molar-refractivity contribution in [3.63, 3.8) is 0 Å². The molecule has 1 aliphatic rings. The second-order valence-corrected chi connectivity index (χ2v) is 4.00. The lowest BCUT2D eigenvalue weighted by Crippen LogP contribution is -2.31. The molecule has 1 atom stereocenters. The minimum absolute atomic E-state index is 0.364. The zero-order valence-corrected chi connectivity index (χ0v) is 8.55. The molecule has 0 aromatic carbocycles. The highest BCUT2D eigenvalue weighted by molar-refractivity contribution is 4.68. The Hall–Kier alpha value is -0.0800. The average molecular weight is 171 g/mol. The summed E-state index contributed by atoms with van der Waals surface area (Å²) in [4.78, 5) is 2.49. The van der Waals surface area contributed by atoms with E-state index >= 15 is 0 Å². The Morgan fingerprint density at radius 3 is 2.25 bits per heavy atom. The van der Waals surface area contributed by atoms with Crippen molar-refractivity contribution < 1.29 is 4.74 Å². The minimum atomic E-state index is 0.364. The van der Waals surface area contributed by atoms with Crippen LogP contribution in [0.1, 0.15) is 33.6 Å². The van der Waals surface area contributed by atoms with Crippen LogP contribution in [0.15, 0.2) is 0 Å². The summed E-state index contributed by atoms with van der Waals surface area (Å²) in [7, 11) is 0. The summed E-state index contributed by atoms with van der Waals surface area (Å²) in [6, 6.07) is 0. The van der Waals surface area contributed by atoms with Crippen LogP contribution in [0, 0.1) is 0 Å². The van der Waals surface area contributed by atoms with Gasteiger partial charge in [0.15, 0.2) is 0 Å². The van der Waals surface area contributed by atoms with Crippen molar-refractivity contribution in [1.82, 2.24) is 4.90 Å². The Balaban J connectivity index is 2.11. The van der Waals surface area contributed by atoms with Gasteiger partial charge < -0.3 is 9.64 Å². The monoisotopic (exact) mass is 171 g/mol. The molecule has 1 rings (SSSR count). The summed E-state index contributed by atoms with van der Waals surface area (Å²) in [5, 5.41) is 0. The zero-order chi connectivity index (χ0) is 8.97. The first-order valence-electron chi connectivity index (χ1n) is 5.06. The lowest BCUT2D eigenvalue weighted by atomic mass is 10.3. The Morgan fingerprint density at radius 2 is 1.75 bits per heavy atom. The topological polar surface area (TPSA) is 12.5 Å². The number of ether oxygens (including phenoxy) is 1. The van der Waals surface area contributed by atoms with Gasteiger partial charge in [-0.1, -0.05) is 0 Å². The fourth-order valence-corrected chi connectivity index (χ4v) is 1.84. The molecule has 1 fully saturated rings. The number of nitrogens with zero attached hydrogens (tertiary/aromatic N) is 1. The molecule has 1 aliphatic heterocycles. The van der Waals surface area contributed by atoms with Gasteiger partial charge in [0, 0.05) is 6.54 Å². The van der Waals surface area contributed by atoms with Gasteiger partial charge in [0.1, 0.15) is 0 Å². The van der Waals surface area contributed by atoms with Crippen molar-refractivity contribution in [3.8, 4) is 0 Å². The molecule has 0 aliphatic carbocycles. The summed E-state index contributed by atoms with van der Waals surface area (Å²) in [5.41, 5.74) is 0. The summed E-state index contributed by atoms with van der Waals surface area (Å²) in [6.45, 7) is 10.0. The largest absolute Gasteiger partial charge is 0.375 e. The molecule has 2 heteroatoms. The third kappa shape index (κ3) is 3.55. The third-order valence-electron chi connectivity index (χ3n) is 2.22. The van der Waals surface area contributed by atoms with E-state index in [2.05, 4.69) is 25.7 Å². The SMILES string of the molecule is CC(C)OC(C)CN1CCCC1. The second kappa shape index (κ2) is 4.83. The predicted octanol–water partition coefficient (Wildman–Crippen LogP) is 1.90. The summed E-state index contributed by atoms with van der Waals surface area (Å²) in [6.07, 6.45) is 3.49. The third-order valence-corrected chi connectivity index (χ3v) is 2.22. The Kier molecular flexibility index (Phi) is 4.02. The van der Waals surface area contributed by atoms with E-state index in [9.17, 15) is 0 Å². The number of hydrogen-bond acceptors (Lipinski definition) is 2. The molecule has 0 bridgehead atoms. The molecule has 12 heavy (non-hydrogen) atoms. The number of likely N-dealkylation sites (tertiary alicyclic amines) is 1. The van der Waals surface area contributed by atoms with Crippen molar-refractivity contribution >= 4 is 0 Å². The fourth-order valence-electron chi connectivity index (χ4n) is 1.84. The van der Waals surface area contributed by atoms with Crippen molar-refractivity contribution in [2.45, 2.75) is 45.8 Å². The molecule has 0 N–H and O–H groups in total. The van der Waals surface area contributed by atoms with E-state index in [-0.39, 0.29) is 0 Å². The van der Waals surface area contributed by atoms with E-state index < -0.39 is 0 Å². The lowest BCUT2D eigenvalue weighted by molar-refractivity contribution is 0.00233. The van der Waals surface area contributed by atoms with Gasteiger partial charge in [-0.15, -0.1) is 0 Å². The van der Waals surface area contributed by atoms with Gasteiger partial charge in [-0.3, -0.25) is 0 Å². The van der Waals surface area contributed by atoms with Crippen LogP contribution in [0.25, 0.3) is 0 Å². The van der Waals surface area contributed by atoms with Crippen molar-refractivity contribution in [2.75, 3.05) is 19.6 Å². The smallest absolute Gasteiger partial charge is 0.0677 e. The zero-order valence-electron chi connectivity index (χ0n) is 8.55. The molecule has 0 saturated carbocycles. The standard InChI is InChI=1S/C10H21NO/c1-9(2)12-10(3)8-11-6-4-5-7-11/h9-10H,4-8H2,1-3H3. The van der Waals surface area contributed by atoms with E-state index in [0.717, 1.165) is 6.54 Å². The normalized spacial score (nSPS) is 22.0. The molecule has 1 unspecified atom stereocenters. The molecule has 72 valence electrons. The van der Waals surface area contributed by atoms with E-state index in [1.165, 1.54) is 25.9 Å².